The topological polar surface area (TPSA) is 34.2 Å². The number of benzene rings is 7. The Morgan fingerprint density at radius 3 is 2.16 bits per heavy atom. The molecule has 9 aromatic rings. The number of allylic oxidation sites excluding steroid dienone is 4. The van der Waals surface area contributed by atoms with Crippen LogP contribution < -0.4 is 4.90 Å². The largest absolute Gasteiger partial charge is 0.435 e. The van der Waals surface area contributed by atoms with Crippen LogP contribution in [0.3, 0.4) is 0 Å². The first-order chi connectivity index (χ1) is 25.3. The van der Waals surface area contributed by atoms with Gasteiger partial charge in [-0.15, -0.1) is 0 Å². The first-order valence-corrected chi connectivity index (χ1v) is 17.5. The van der Waals surface area contributed by atoms with Crippen molar-refractivity contribution in [3.8, 4) is 22.6 Å². The van der Waals surface area contributed by atoms with Gasteiger partial charge in [0.15, 0.2) is 5.58 Å². The molecule has 4 heteroatoms. The first-order valence-electron chi connectivity index (χ1n) is 17.5. The van der Waals surface area contributed by atoms with Crippen LogP contribution in [0, 0.1) is 0 Å². The third-order valence-electron chi connectivity index (χ3n) is 10.1. The summed E-state index contributed by atoms with van der Waals surface area (Å²) in [6.07, 6.45) is 9.86. The lowest BCUT2D eigenvalue weighted by Gasteiger charge is -2.27. The maximum absolute atomic E-state index is 6.50. The van der Waals surface area contributed by atoms with Crippen LogP contribution in [0.15, 0.2) is 186 Å². The molecule has 1 aliphatic carbocycles. The third-order valence-corrected chi connectivity index (χ3v) is 10.1. The number of fused-ring (bicyclic) bond motifs is 6. The second kappa shape index (κ2) is 12.0. The van der Waals surface area contributed by atoms with Gasteiger partial charge in [-0.25, -0.2) is 4.98 Å². The minimum absolute atomic E-state index is 0.261. The van der Waals surface area contributed by atoms with Gasteiger partial charge in [-0.05, 0) is 83.6 Å². The van der Waals surface area contributed by atoms with Crippen LogP contribution in [0.5, 0.6) is 0 Å². The average molecular weight is 656 g/mol. The molecule has 2 aromatic heterocycles. The van der Waals surface area contributed by atoms with Crippen LogP contribution in [0.1, 0.15) is 12.5 Å². The van der Waals surface area contributed by atoms with Gasteiger partial charge in [0.1, 0.15) is 5.52 Å². The van der Waals surface area contributed by atoms with E-state index < -0.39 is 0 Å². The molecule has 242 valence electrons. The van der Waals surface area contributed by atoms with E-state index >= 15 is 0 Å². The molecule has 51 heavy (non-hydrogen) atoms. The van der Waals surface area contributed by atoms with Crippen molar-refractivity contribution in [3.63, 3.8) is 0 Å². The number of aromatic nitrogens is 2. The Morgan fingerprint density at radius 2 is 1.33 bits per heavy atom. The highest BCUT2D eigenvalue weighted by atomic mass is 16.3. The van der Waals surface area contributed by atoms with E-state index in [-0.39, 0.29) is 6.04 Å². The standard InChI is InChI=1S/C47H33N3O/c1-4-14-34(15-5-1)47-48-40-31-28-33-16-12-22-38(44(33)46(40)51-47)32-26-29-37(30-27-32)49(35-17-6-2-7-18-35)42-24-13-25-43-45(42)39-21-10-11-23-41(39)50(43)36-19-8-3-9-20-36/h1-19,21-31,36H,20H2. The number of rotatable bonds is 6. The van der Waals surface area contributed by atoms with Crippen molar-refractivity contribution in [2.45, 2.75) is 12.5 Å². The number of nitrogens with zero attached hydrogens (tertiary/aromatic N) is 3. The monoisotopic (exact) mass is 655 g/mol. The summed E-state index contributed by atoms with van der Waals surface area (Å²) in [6.45, 7) is 0. The second-order valence-corrected chi connectivity index (χ2v) is 13.1. The smallest absolute Gasteiger partial charge is 0.227 e. The number of hydrogen-bond acceptors (Lipinski definition) is 3. The van der Waals surface area contributed by atoms with Crippen molar-refractivity contribution in [3.05, 3.63) is 182 Å². The zero-order valence-electron chi connectivity index (χ0n) is 27.9. The normalized spacial score (nSPS) is 14.2. The van der Waals surface area contributed by atoms with Crippen molar-refractivity contribution < 1.29 is 4.42 Å². The zero-order valence-corrected chi connectivity index (χ0v) is 27.9. The number of para-hydroxylation sites is 2. The summed E-state index contributed by atoms with van der Waals surface area (Å²) in [6, 6.07) is 56.2. The molecule has 0 spiro atoms. The van der Waals surface area contributed by atoms with E-state index in [1.54, 1.807) is 0 Å². The fourth-order valence-corrected chi connectivity index (χ4v) is 7.83. The molecule has 4 nitrogen and oxygen atoms in total. The molecular formula is C47H33N3O. The van der Waals surface area contributed by atoms with Crippen LogP contribution >= 0.6 is 0 Å². The molecular weight excluding hydrogens is 623 g/mol. The van der Waals surface area contributed by atoms with Gasteiger partial charge in [0.05, 0.1) is 17.2 Å². The second-order valence-electron chi connectivity index (χ2n) is 13.1. The summed E-state index contributed by atoms with van der Waals surface area (Å²) in [4.78, 5) is 7.26. The van der Waals surface area contributed by atoms with E-state index in [4.69, 9.17) is 9.40 Å². The Kier molecular flexibility index (Phi) is 6.91. The van der Waals surface area contributed by atoms with E-state index in [1.165, 1.54) is 21.8 Å². The summed E-state index contributed by atoms with van der Waals surface area (Å²) >= 11 is 0. The lowest BCUT2D eigenvalue weighted by Crippen LogP contribution is -2.10. The third kappa shape index (κ3) is 4.87. The molecule has 1 aliphatic rings. The van der Waals surface area contributed by atoms with E-state index in [2.05, 4.69) is 161 Å². The Bertz CT molecular complexity index is 2770. The fourth-order valence-electron chi connectivity index (χ4n) is 7.83. The van der Waals surface area contributed by atoms with Crippen LogP contribution in [0.2, 0.25) is 0 Å². The molecule has 7 aromatic carbocycles. The lowest BCUT2D eigenvalue weighted by atomic mass is 9.97. The van der Waals surface area contributed by atoms with Crippen molar-refractivity contribution >= 4 is 60.7 Å². The molecule has 1 atom stereocenters. The molecule has 0 saturated heterocycles. The molecule has 0 saturated carbocycles. The van der Waals surface area contributed by atoms with Crippen molar-refractivity contribution in [2.75, 3.05) is 4.90 Å². The van der Waals surface area contributed by atoms with Gasteiger partial charge in [-0.1, -0.05) is 121 Å². The molecule has 0 N–H and O–H groups in total. The van der Waals surface area contributed by atoms with Gasteiger partial charge < -0.3 is 13.9 Å². The Hall–Kier alpha value is -6.65. The van der Waals surface area contributed by atoms with E-state index in [9.17, 15) is 0 Å². The van der Waals surface area contributed by atoms with Crippen molar-refractivity contribution in [1.29, 1.82) is 0 Å². The Labute approximate surface area is 295 Å². The van der Waals surface area contributed by atoms with Crippen molar-refractivity contribution in [2.24, 2.45) is 0 Å². The van der Waals surface area contributed by atoms with Gasteiger partial charge in [0.25, 0.3) is 0 Å². The number of anilines is 3. The first kappa shape index (κ1) is 29.3. The van der Waals surface area contributed by atoms with Crippen LogP contribution in [0.4, 0.5) is 17.1 Å². The Morgan fingerprint density at radius 1 is 0.588 bits per heavy atom. The highest BCUT2D eigenvalue weighted by molar-refractivity contribution is 6.16. The van der Waals surface area contributed by atoms with E-state index in [0.717, 1.165) is 62.0 Å². The van der Waals surface area contributed by atoms with Gasteiger partial charge >= 0.3 is 0 Å². The molecule has 1 unspecified atom stereocenters. The molecule has 2 heterocycles. The summed E-state index contributed by atoms with van der Waals surface area (Å²) in [7, 11) is 0. The molecule has 0 amide bonds. The van der Waals surface area contributed by atoms with E-state index in [0.29, 0.717) is 5.89 Å². The number of oxazole rings is 1. The summed E-state index contributed by atoms with van der Waals surface area (Å²) in [5.74, 6) is 0.633. The lowest BCUT2D eigenvalue weighted by molar-refractivity contribution is 0.623. The molecule has 0 bridgehead atoms. The molecule has 10 rings (SSSR count). The van der Waals surface area contributed by atoms with E-state index in [1.807, 2.05) is 30.3 Å². The minimum atomic E-state index is 0.261. The molecule has 0 radical (unpaired) electrons. The van der Waals surface area contributed by atoms with Crippen LogP contribution in [-0.2, 0) is 0 Å². The van der Waals surface area contributed by atoms with Gasteiger partial charge in [-0.2, -0.15) is 0 Å². The van der Waals surface area contributed by atoms with Crippen molar-refractivity contribution in [1.82, 2.24) is 9.55 Å². The minimum Gasteiger partial charge on any atom is -0.435 e. The maximum atomic E-state index is 6.50. The number of hydrogen-bond donors (Lipinski definition) is 0. The van der Waals surface area contributed by atoms with Gasteiger partial charge in [0, 0.05) is 38.6 Å². The maximum Gasteiger partial charge on any atom is 0.227 e. The highest BCUT2D eigenvalue weighted by Gasteiger charge is 2.23. The van der Waals surface area contributed by atoms with Gasteiger partial charge in [0.2, 0.25) is 5.89 Å². The highest BCUT2D eigenvalue weighted by Crippen LogP contribution is 2.45. The summed E-state index contributed by atoms with van der Waals surface area (Å²) < 4.78 is 9.01. The average Bonchev–Trinajstić information content (AvgIpc) is 3.80. The predicted molar refractivity (Wildman–Crippen MR) is 212 cm³/mol. The van der Waals surface area contributed by atoms with Crippen LogP contribution in [-0.4, -0.2) is 9.55 Å². The zero-order chi connectivity index (χ0) is 33.7. The molecule has 0 aliphatic heterocycles. The fraction of sp³-hybridized carbons (Fsp3) is 0.0426. The van der Waals surface area contributed by atoms with Crippen LogP contribution in [0.25, 0.3) is 66.3 Å². The quantitative estimate of drug-likeness (QED) is 0.179. The molecule has 0 fully saturated rings. The summed E-state index contributed by atoms with van der Waals surface area (Å²) in [5.41, 5.74) is 10.7. The summed E-state index contributed by atoms with van der Waals surface area (Å²) in [5, 5.41) is 4.70. The Balaban J connectivity index is 1.13. The predicted octanol–water partition coefficient (Wildman–Crippen LogP) is 12.9. The van der Waals surface area contributed by atoms with Gasteiger partial charge in [-0.3, -0.25) is 0 Å². The SMILES string of the molecule is C1=CCC(n2c3ccccc3c3c(N(c4ccccc4)c4ccc(-c5cccc6ccc7nc(-c8ccccc8)oc7c56)cc4)cccc32)C=C1.